The Balaban J connectivity index is 2.14. The van der Waals surface area contributed by atoms with Crippen LogP contribution in [0.25, 0.3) is 0 Å². The van der Waals surface area contributed by atoms with Gasteiger partial charge in [-0.15, -0.1) is 0 Å². The van der Waals surface area contributed by atoms with Gasteiger partial charge in [-0.25, -0.2) is 0 Å². The molecule has 0 heterocycles. The van der Waals surface area contributed by atoms with Crippen molar-refractivity contribution >= 4 is 0 Å². The maximum absolute atomic E-state index is 5.61. The Labute approximate surface area is 98.3 Å². The summed E-state index contributed by atoms with van der Waals surface area (Å²) in [5.41, 5.74) is 2.46. The largest absolute Gasteiger partial charge is 0.492 e. The van der Waals surface area contributed by atoms with E-state index in [9.17, 15) is 0 Å². The molecule has 0 radical (unpaired) electrons. The first-order chi connectivity index (χ1) is 7.72. The van der Waals surface area contributed by atoms with Crippen LogP contribution in [0, 0.1) is 6.92 Å². The molecule has 88 valence electrons. The fraction of sp³-hybridized carbons (Fsp3) is 0.429. The first-order valence-electron chi connectivity index (χ1n) is 5.79. The smallest absolute Gasteiger partial charge is 0.119 e. The lowest BCUT2D eigenvalue weighted by atomic mass is 10.2. The molecule has 0 atom stereocenters. The molecule has 1 N–H and O–H groups in total. The van der Waals surface area contributed by atoms with Crippen molar-refractivity contribution in [2.45, 2.75) is 20.3 Å². The number of hydrogen-bond acceptors (Lipinski definition) is 2. The van der Waals surface area contributed by atoms with Gasteiger partial charge >= 0.3 is 0 Å². The number of nitrogens with one attached hydrogen (secondary N) is 1. The SMILES string of the molecule is C=C(CC)CNCCOc1cccc(C)c1. The van der Waals surface area contributed by atoms with E-state index in [1.165, 1.54) is 11.1 Å². The van der Waals surface area contributed by atoms with Gasteiger partial charge in [0.1, 0.15) is 12.4 Å². The number of rotatable bonds is 7. The molecule has 0 aromatic heterocycles. The molecule has 0 saturated heterocycles. The Hall–Kier alpha value is -1.28. The van der Waals surface area contributed by atoms with Crippen molar-refractivity contribution in [1.82, 2.24) is 5.32 Å². The van der Waals surface area contributed by atoms with E-state index in [4.69, 9.17) is 4.74 Å². The summed E-state index contributed by atoms with van der Waals surface area (Å²) in [6.07, 6.45) is 1.03. The second-order valence-corrected chi connectivity index (χ2v) is 3.95. The van der Waals surface area contributed by atoms with Crippen LogP contribution in [-0.2, 0) is 0 Å². The highest BCUT2D eigenvalue weighted by atomic mass is 16.5. The zero-order chi connectivity index (χ0) is 11.8. The van der Waals surface area contributed by atoms with Gasteiger partial charge in [0.2, 0.25) is 0 Å². The van der Waals surface area contributed by atoms with Crippen molar-refractivity contribution in [3.8, 4) is 5.75 Å². The highest BCUT2D eigenvalue weighted by Gasteiger charge is 1.94. The molecule has 1 aromatic rings. The third-order valence-corrected chi connectivity index (χ3v) is 2.41. The van der Waals surface area contributed by atoms with Crippen LogP contribution in [0.3, 0.4) is 0 Å². The van der Waals surface area contributed by atoms with Crippen LogP contribution in [0.2, 0.25) is 0 Å². The van der Waals surface area contributed by atoms with Gasteiger partial charge in [-0.2, -0.15) is 0 Å². The van der Waals surface area contributed by atoms with Crippen molar-refractivity contribution in [2.75, 3.05) is 19.7 Å². The Morgan fingerprint density at radius 3 is 2.94 bits per heavy atom. The number of hydrogen-bond donors (Lipinski definition) is 1. The second kappa shape index (κ2) is 7.07. The topological polar surface area (TPSA) is 21.3 Å². The Kier molecular flexibility index (Phi) is 5.65. The highest BCUT2D eigenvalue weighted by Crippen LogP contribution is 2.11. The van der Waals surface area contributed by atoms with Crippen LogP contribution >= 0.6 is 0 Å². The van der Waals surface area contributed by atoms with E-state index in [-0.39, 0.29) is 0 Å². The molecular weight excluding hydrogens is 198 g/mol. The average Bonchev–Trinajstić information content (AvgIpc) is 2.28. The van der Waals surface area contributed by atoms with Gasteiger partial charge in [-0.3, -0.25) is 0 Å². The van der Waals surface area contributed by atoms with Crippen molar-refractivity contribution < 1.29 is 4.74 Å². The summed E-state index contributed by atoms with van der Waals surface area (Å²) in [6.45, 7) is 10.6. The minimum Gasteiger partial charge on any atom is -0.492 e. The summed E-state index contributed by atoms with van der Waals surface area (Å²) in [7, 11) is 0. The molecule has 0 aliphatic rings. The first kappa shape index (κ1) is 12.8. The van der Waals surface area contributed by atoms with E-state index in [0.29, 0.717) is 6.61 Å². The van der Waals surface area contributed by atoms with Crippen LogP contribution in [0.1, 0.15) is 18.9 Å². The van der Waals surface area contributed by atoms with Crippen LogP contribution in [0.5, 0.6) is 5.75 Å². The molecule has 0 amide bonds. The lowest BCUT2D eigenvalue weighted by Gasteiger charge is -2.08. The maximum Gasteiger partial charge on any atom is 0.119 e. The zero-order valence-electron chi connectivity index (χ0n) is 10.3. The average molecular weight is 219 g/mol. The molecule has 16 heavy (non-hydrogen) atoms. The highest BCUT2D eigenvalue weighted by molar-refractivity contribution is 5.27. The van der Waals surface area contributed by atoms with Gasteiger partial charge < -0.3 is 10.1 Å². The van der Waals surface area contributed by atoms with Crippen LogP contribution in [-0.4, -0.2) is 19.7 Å². The molecular formula is C14H21NO. The van der Waals surface area contributed by atoms with Crippen molar-refractivity contribution in [3.05, 3.63) is 42.0 Å². The van der Waals surface area contributed by atoms with Crippen LogP contribution in [0.4, 0.5) is 0 Å². The summed E-state index contributed by atoms with van der Waals surface area (Å²) >= 11 is 0. The second-order valence-electron chi connectivity index (χ2n) is 3.95. The van der Waals surface area contributed by atoms with E-state index in [2.05, 4.69) is 31.8 Å². The predicted molar refractivity (Wildman–Crippen MR) is 69.0 cm³/mol. The van der Waals surface area contributed by atoms with Crippen LogP contribution < -0.4 is 10.1 Å². The minimum absolute atomic E-state index is 0.695. The summed E-state index contributed by atoms with van der Waals surface area (Å²) in [5.74, 6) is 0.941. The molecule has 2 nitrogen and oxygen atoms in total. The van der Waals surface area contributed by atoms with E-state index in [1.54, 1.807) is 0 Å². The molecule has 0 aliphatic carbocycles. The van der Waals surface area contributed by atoms with E-state index < -0.39 is 0 Å². The number of aryl methyl sites for hydroxylation is 1. The lowest BCUT2D eigenvalue weighted by Crippen LogP contribution is -2.22. The van der Waals surface area contributed by atoms with Crippen molar-refractivity contribution in [3.63, 3.8) is 0 Å². The summed E-state index contributed by atoms with van der Waals surface area (Å²) < 4.78 is 5.61. The van der Waals surface area contributed by atoms with Gasteiger partial charge in [-0.05, 0) is 31.0 Å². The lowest BCUT2D eigenvalue weighted by molar-refractivity contribution is 0.315. The maximum atomic E-state index is 5.61. The molecule has 0 fully saturated rings. The van der Waals surface area contributed by atoms with Gasteiger partial charge in [0.25, 0.3) is 0 Å². The molecule has 0 aliphatic heterocycles. The van der Waals surface area contributed by atoms with Gasteiger partial charge in [0.05, 0.1) is 0 Å². The fourth-order valence-electron chi connectivity index (χ4n) is 1.34. The minimum atomic E-state index is 0.695. The normalized spacial score (nSPS) is 10.1. The van der Waals surface area contributed by atoms with Gasteiger partial charge in [-0.1, -0.05) is 31.2 Å². The molecule has 2 heteroatoms. The third-order valence-electron chi connectivity index (χ3n) is 2.41. The molecule has 0 spiro atoms. The van der Waals surface area contributed by atoms with Gasteiger partial charge in [0, 0.05) is 13.1 Å². The molecule has 0 bridgehead atoms. The predicted octanol–water partition coefficient (Wildman–Crippen LogP) is 2.93. The summed E-state index contributed by atoms with van der Waals surface area (Å²) in [6, 6.07) is 8.11. The van der Waals surface area contributed by atoms with Crippen molar-refractivity contribution in [1.29, 1.82) is 0 Å². The van der Waals surface area contributed by atoms with E-state index in [0.717, 1.165) is 25.3 Å². The van der Waals surface area contributed by atoms with Crippen molar-refractivity contribution in [2.24, 2.45) is 0 Å². The molecule has 1 aromatic carbocycles. The zero-order valence-corrected chi connectivity index (χ0v) is 10.3. The number of benzene rings is 1. The van der Waals surface area contributed by atoms with Crippen LogP contribution in [0.15, 0.2) is 36.4 Å². The van der Waals surface area contributed by atoms with Gasteiger partial charge in [0.15, 0.2) is 0 Å². The third kappa shape index (κ3) is 4.99. The Bertz CT molecular complexity index is 333. The fourth-order valence-corrected chi connectivity index (χ4v) is 1.34. The Morgan fingerprint density at radius 2 is 2.25 bits per heavy atom. The molecule has 1 rings (SSSR count). The number of ether oxygens (including phenoxy) is 1. The first-order valence-corrected chi connectivity index (χ1v) is 5.79. The quantitative estimate of drug-likeness (QED) is 0.562. The Morgan fingerprint density at radius 1 is 1.44 bits per heavy atom. The summed E-state index contributed by atoms with van der Waals surface area (Å²) in [4.78, 5) is 0. The summed E-state index contributed by atoms with van der Waals surface area (Å²) in [5, 5.41) is 3.30. The van der Waals surface area contributed by atoms with E-state index in [1.807, 2.05) is 18.2 Å². The van der Waals surface area contributed by atoms with E-state index >= 15 is 0 Å². The standard InChI is InChI=1S/C14H21NO/c1-4-12(2)11-15-8-9-16-14-7-5-6-13(3)10-14/h5-7,10,15H,2,4,8-9,11H2,1,3H3. The molecule has 0 unspecified atom stereocenters. The molecule has 0 saturated carbocycles. The monoisotopic (exact) mass is 219 g/mol.